The predicted octanol–water partition coefficient (Wildman–Crippen LogP) is 1.53. The molecule has 0 aliphatic rings. The number of unbranched alkanes of at least 4 members (excludes halogenated alkanes) is 1. The van der Waals surface area contributed by atoms with E-state index in [1.54, 1.807) is 0 Å². The Hall–Kier alpha value is -1.26. The highest BCUT2D eigenvalue weighted by molar-refractivity contribution is 5.73. The fourth-order valence-corrected chi connectivity index (χ4v) is 1.05. The lowest BCUT2D eigenvalue weighted by atomic mass is 10.1. The van der Waals surface area contributed by atoms with Crippen molar-refractivity contribution in [3.8, 4) is 0 Å². The first-order valence-electron chi connectivity index (χ1n) is 4.69. The van der Waals surface area contributed by atoms with Gasteiger partial charge >= 0.3 is 5.97 Å². The molecule has 6 heteroatoms. The second-order valence-corrected chi connectivity index (χ2v) is 2.94. The zero-order valence-corrected chi connectivity index (χ0v) is 8.31. The van der Waals surface area contributed by atoms with Crippen LogP contribution < -0.4 is 5.32 Å². The molecule has 6 nitrogen and oxygen atoms in total. The van der Waals surface area contributed by atoms with Crippen molar-refractivity contribution < 1.29 is 9.90 Å². The van der Waals surface area contributed by atoms with Crippen LogP contribution >= 0.6 is 0 Å². The Labute approximate surface area is 82.9 Å². The fourth-order valence-electron chi connectivity index (χ4n) is 1.05. The quantitative estimate of drug-likeness (QED) is 0.269. The number of carboxylic acid groups (broad SMARTS) is 1. The molecule has 0 spiro atoms. The highest BCUT2D eigenvalue weighted by Gasteiger charge is 2.14. The molecule has 0 heterocycles. The molecule has 2 N–H and O–H groups in total. The molecule has 0 radical (unpaired) electrons. The zero-order chi connectivity index (χ0) is 10.8. The first kappa shape index (κ1) is 12.7. The summed E-state index contributed by atoms with van der Waals surface area (Å²) in [6, 6.07) is -0.524. The molecule has 0 fully saturated rings. The number of hydrogen-bond donors (Lipinski definition) is 2. The molecule has 0 saturated heterocycles. The summed E-state index contributed by atoms with van der Waals surface area (Å²) in [7, 11) is 0. The van der Waals surface area contributed by atoms with Crippen molar-refractivity contribution in [2.75, 3.05) is 13.1 Å². The maximum absolute atomic E-state index is 10.7. The van der Waals surface area contributed by atoms with Crippen molar-refractivity contribution >= 4 is 5.97 Å². The van der Waals surface area contributed by atoms with E-state index in [1.165, 1.54) is 0 Å². The summed E-state index contributed by atoms with van der Waals surface area (Å²) >= 11 is 0. The van der Waals surface area contributed by atoms with Crippen molar-refractivity contribution in [3.05, 3.63) is 10.4 Å². The first-order chi connectivity index (χ1) is 6.72. The molecule has 0 aliphatic heterocycles. The molecule has 0 rings (SSSR count). The first-order valence-corrected chi connectivity index (χ1v) is 4.69. The minimum absolute atomic E-state index is 0.284. The molecule has 80 valence electrons. The van der Waals surface area contributed by atoms with Gasteiger partial charge in [-0.3, -0.25) is 4.79 Å². The van der Waals surface area contributed by atoms with Gasteiger partial charge in [0.15, 0.2) is 0 Å². The van der Waals surface area contributed by atoms with E-state index in [4.69, 9.17) is 10.6 Å². The molecule has 14 heavy (non-hydrogen) atoms. The van der Waals surface area contributed by atoms with Crippen molar-refractivity contribution in [2.24, 2.45) is 5.11 Å². The van der Waals surface area contributed by atoms with Crippen LogP contribution in [0.5, 0.6) is 0 Å². The molecule has 0 bridgehead atoms. The van der Waals surface area contributed by atoms with E-state index in [0.717, 1.165) is 12.8 Å². The fraction of sp³-hybridized carbons (Fsp3) is 0.875. The normalized spacial score (nSPS) is 11.8. The number of carboxylic acids is 1. The van der Waals surface area contributed by atoms with Crippen LogP contribution in [0.1, 0.15) is 26.2 Å². The smallest absolute Gasteiger partial charge is 0.320 e. The number of carbonyl (C=O) groups is 1. The second-order valence-electron chi connectivity index (χ2n) is 2.94. The molecule has 0 amide bonds. The second kappa shape index (κ2) is 8.34. The van der Waals surface area contributed by atoms with Crippen molar-refractivity contribution in [2.45, 2.75) is 32.2 Å². The highest BCUT2D eigenvalue weighted by Crippen LogP contribution is 2.00. The van der Waals surface area contributed by atoms with Crippen molar-refractivity contribution in [1.29, 1.82) is 0 Å². The summed E-state index contributed by atoms with van der Waals surface area (Å²) in [5.41, 5.74) is 8.00. The summed E-state index contributed by atoms with van der Waals surface area (Å²) in [5, 5.41) is 14.9. The zero-order valence-electron chi connectivity index (χ0n) is 8.31. The van der Waals surface area contributed by atoms with E-state index in [9.17, 15) is 4.79 Å². The molecule has 1 atom stereocenters. The Morgan fingerprint density at radius 2 is 2.43 bits per heavy atom. The largest absolute Gasteiger partial charge is 0.480 e. The highest BCUT2D eigenvalue weighted by atomic mass is 16.4. The lowest BCUT2D eigenvalue weighted by Crippen LogP contribution is -2.37. The SMILES string of the molecule is CCCCC(NCCN=[N+]=[N-])C(=O)O. The van der Waals surface area contributed by atoms with Crippen LogP contribution in [0.2, 0.25) is 0 Å². The van der Waals surface area contributed by atoms with Gasteiger partial charge in [0.1, 0.15) is 6.04 Å². The molecule has 0 aromatic heterocycles. The minimum Gasteiger partial charge on any atom is -0.480 e. The summed E-state index contributed by atoms with van der Waals surface area (Å²) in [5.74, 6) is -0.848. The van der Waals surface area contributed by atoms with Crippen LogP contribution in [0, 0.1) is 0 Å². The van der Waals surface area contributed by atoms with E-state index >= 15 is 0 Å². The van der Waals surface area contributed by atoms with E-state index in [2.05, 4.69) is 15.3 Å². The van der Waals surface area contributed by atoms with E-state index < -0.39 is 12.0 Å². The van der Waals surface area contributed by atoms with E-state index in [1.807, 2.05) is 6.92 Å². The number of aliphatic carboxylic acids is 1. The molecule has 0 saturated carbocycles. The number of hydrogen-bond acceptors (Lipinski definition) is 3. The number of nitrogens with one attached hydrogen (secondary N) is 1. The molecule has 0 aromatic carbocycles. The Kier molecular flexibility index (Phi) is 7.59. The van der Waals surface area contributed by atoms with Crippen molar-refractivity contribution in [1.82, 2.24) is 5.32 Å². The standard InChI is InChI=1S/C8H16N4O2/c1-2-3-4-7(8(13)14)10-5-6-11-12-9/h7,10H,2-6H2,1H3,(H,13,14). The maximum atomic E-state index is 10.7. The predicted molar refractivity (Wildman–Crippen MR) is 53.0 cm³/mol. The summed E-state index contributed by atoms with van der Waals surface area (Å²) in [6.07, 6.45) is 2.47. The van der Waals surface area contributed by atoms with Gasteiger partial charge in [-0.05, 0) is 12.0 Å². The molecular formula is C8H16N4O2. The summed E-state index contributed by atoms with van der Waals surface area (Å²) in [6.45, 7) is 2.70. The van der Waals surface area contributed by atoms with E-state index in [-0.39, 0.29) is 6.54 Å². The maximum Gasteiger partial charge on any atom is 0.320 e. The van der Waals surface area contributed by atoms with Gasteiger partial charge in [0.05, 0.1) is 0 Å². The molecule has 1 unspecified atom stereocenters. The lowest BCUT2D eigenvalue weighted by molar-refractivity contribution is -0.139. The molecule has 0 aliphatic carbocycles. The number of nitrogens with zero attached hydrogens (tertiary/aromatic N) is 3. The van der Waals surface area contributed by atoms with Crippen LogP contribution in [-0.2, 0) is 4.79 Å². The number of rotatable bonds is 8. The summed E-state index contributed by atoms with van der Waals surface area (Å²) in [4.78, 5) is 13.3. The molecular weight excluding hydrogens is 184 g/mol. The summed E-state index contributed by atoms with van der Waals surface area (Å²) < 4.78 is 0. The van der Waals surface area contributed by atoms with E-state index in [0.29, 0.717) is 13.0 Å². The Balaban J connectivity index is 3.72. The van der Waals surface area contributed by atoms with Gasteiger partial charge < -0.3 is 10.4 Å². The van der Waals surface area contributed by atoms with Gasteiger partial charge in [0.25, 0.3) is 0 Å². The number of azide groups is 1. The Morgan fingerprint density at radius 3 is 2.93 bits per heavy atom. The van der Waals surface area contributed by atoms with Gasteiger partial charge in [-0.15, -0.1) is 0 Å². The van der Waals surface area contributed by atoms with Crippen LogP contribution in [0.4, 0.5) is 0 Å². The average molecular weight is 200 g/mol. The third kappa shape index (κ3) is 6.28. The van der Waals surface area contributed by atoms with Crippen LogP contribution in [-0.4, -0.2) is 30.2 Å². The minimum atomic E-state index is -0.848. The van der Waals surface area contributed by atoms with Crippen LogP contribution in [0.25, 0.3) is 10.4 Å². The third-order valence-electron chi connectivity index (χ3n) is 1.81. The van der Waals surface area contributed by atoms with Gasteiger partial charge in [-0.1, -0.05) is 24.9 Å². The van der Waals surface area contributed by atoms with Gasteiger partial charge in [0, 0.05) is 18.0 Å². The lowest BCUT2D eigenvalue weighted by Gasteiger charge is -2.12. The third-order valence-corrected chi connectivity index (χ3v) is 1.81. The average Bonchev–Trinajstić information content (AvgIpc) is 2.16. The topological polar surface area (TPSA) is 98.1 Å². The van der Waals surface area contributed by atoms with Crippen LogP contribution in [0.15, 0.2) is 5.11 Å². The van der Waals surface area contributed by atoms with Gasteiger partial charge in [0.2, 0.25) is 0 Å². The Bertz CT molecular complexity index is 213. The molecule has 0 aromatic rings. The monoisotopic (exact) mass is 200 g/mol. The van der Waals surface area contributed by atoms with Crippen LogP contribution in [0.3, 0.4) is 0 Å². The van der Waals surface area contributed by atoms with Crippen molar-refractivity contribution in [3.63, 3.8) is 0 Å². The Morgan fingerprint density at radius 1 is 1.71 bits per heavy atom. The van der Waals surface area contributed by atoms with Gasteiger partial charge in [-0.2, -0.15) is 0 Å². The van der Waals surface area contributed by atoms with Gasteiger partial charge in [-0.25, -0.2) is 0 Å².